The van der Waals surface area contributed by atoms with Crippen LogP contribution in [0, 0.1) is 0 Å². The summed E-state index contributed by atoms with van der Waals surface area (Å²) in [5.41, 5.74) is 2.02. The second-order valence-electron chi connectivity index (χ2n) is 9.04. The maximum absolute atomic E-state index is 3.99. The quantitative estimate of drug-likeness (QED) is 0.302. The van der Waals surface area contributed by atoms with Crippen LogP contribution in [0.2, 0.25) is 0 Å². The molecule has 152 valence electrons. The fraction of sp³-hybridized carbons (Fsp3) is 1.00. The summed E-state index contributed by atoms with van der Waals surface area (Å²) in [4.78, 5) is -1.14. The van der Waals surface area contributed by atoms with E-state index in [1.54, 1.807) is 0 Å². The van der Waals surface area contributed by atoms with Crippen molar-refractivity contribution in [3.8, 4) is 0 Å². The SMILES string of the molecule is CC(C)N(C(C)C)N1C[P+]([Se-])(C2CCCCC2)[Se][P+]1([Se-])C1CCCCC1. The molecule has 26 heavy (non-hydrogen) atoms. The number of hydrogen-bond donors (Lipinski definition) is 0. The Hall–Kier alpha value is 2.34. The zero-order valence-corrected chi connectivity index (χ0v) is 24.0. The minimum atomic E-state index is -1.14. The van der Waals surface area contributed by atoms with E-state index in [2.05, 4.69) is 68.6 Å². The monoisotopic (exact) mass is 596 g/mol. The standard InChI is InChI=1S/C19H38N2P2Se3/c1-16(2)21(17(3)4)20-15-22(24,18-11-7-5-8-12-18)26-23(20,25)19-13-9-6-10-14-19/h16-19H,5-15H2,1-4H3. The van der Waals surface area contributed by atoms with Gasteiger partial charge in [-0.2, -0.15) is 0 Å². The molecule has 0 amide bonds. The van der Waals surface area contributed by atoms with Gasteiger partial charge in [0.2, 0.25) is 0 Å². The van der Waals surface area contributed by atoms with Gasteiger partial charge in [0.25, 0.3) is 0 Å². The fourth-order valence-electron chi connectivity index (χ4n) is 5.20. The van der Waals surface area contributed by atoms with Crippen LogP contribution >= 0.6 is 9.43 Å². The molecule has 2 atom stereocenters. The summed E-state index contributed by atoms with van der Waals surface area (Å²) in [5, 5.41) is 2.79. The molecule has 2 saturated carbocycles. The molecule has 0 aromatic heterocycles. The van der Waals surface area contributed by atoms with Crippen molar-refractivity contribution in [1.29, 1.82) is 0 Å². The number of hydrazine groups is 1. The molecule has 3 fully saturated rings. The number of rotatable bonds is 5. The summed E-state index contributed by atoms with van der Waals surface area (Å²) < 4.78 is 2.08. The fourth-order valence-corrected chi connectivity index (χ4v) is 71.3. The summed E-state index contributed by atoms with van der Waals surface area (Å²) in [6.45, 7) is 9.65. The van der Waals surface area contributed by atoms with Gasteiger partial charge in [0.15, 0.2) is 0 Å². The van der Waals surface area contributed by atoms with Gasteiger partial charge in [-0.15, -0.1) is 0 Å². The van der Waals surface area contributed by atoms with E-state index in [-0.39, 0.29) is 0 Å². The van der Waals surface area contributed by atoms with Crippen LogP contribution in [0.1, 0.15) is 91.9 Å². The third-order valence-corrected chi connectivity index (χ3v) is 47.4. The van der Waals surface area contributed by atoms with Gasteiger partial charge in [-0.1, -0.05) is 0 Å². The third-order valence-electron chi connectivity index (χ3n) is 6.39. The summed E-state index contributed by atoms with van der Waals surface area (Å²) >= 11 is 8.76. The van der Waals surface area contributed by atoms with Gasteiger partial charge in [0.1, 0.15) is 0 Å². The molecule has 0 spiro atoms. The van der Waals surface area contributed by atoms with Crippen LogP contribution in [-0.2, 0) is 0 Å². The summed E-state index contributed by atoms with van der Waals surface area (Å²) in [6, 6.07) is 1.22. The third kappa shape index (κ3) is 4.80. The summed E-state index contributed by atoms with van der Waals surface area (Å²) in [7, 11) is 0. The van der Waals surface area contributed by atoms with Crippen molar-refractivity contribution >= 4 is 54.6 Å². The molecule has 0 radical (unpaired) electrons. The molecular weight excluding hydrogens is 555 g/mol. The molecule has 3 rings (SSSR count). The van der Waals surface area contributed by atoms with Crippen molar-refractivity contribution in [2.45, 2.75) is 115 Å². The van der Waals surface area contributed by atoms with Gasteiger partial charge in [-0.25, -0.2) is 0 Å². The van der Waals surface area contributed by atoms with E-state index >= 15 is 0 Å². The van der Waals surface area contributed by atoms with Gasteiger partial charge in [0.05, 0.1) is 0 Å². The minimum absolute atomic E-state index is 0.611. The van der Waals surface area contributed by atoms with Crippen molar-refractivity contribution in [2.75, 3.05) is 6.29 Å². The Balaban J connectivity index is 1.91. The molecule has 0 aromatic rings. The Labute approximate surface area is 185 Å². The predicted molar refractivity (Wildman–Crippen MR) is 124 cm³/mol. The van der Waals surface area contributed by atoms with Crippen LogP contribution in [-0.4, -0.2) is 84.7 Å². The molecule has 2 unspecified atom stereocenters. The Kier molecular flexibility index (Phi) is 8.54. The van der Waals surface area contributed by atoms with Crippen molar-refractivity contribution in [3.05, 3.63) is 0 Å². The molecule has 3 aliphatic rings. The Morgan fingerprint density at radius 2 is 1.27 bits per heavy atom. The topological polar surface area (TPSA) is 6.48 Å². The van der Waals surface area contributed by atoms with Crippen LogP contribution in [0.25, 0.3) is 0 Å². The molecule has 2 aliphatic carbocycles. The molecule has 1 aliphatic heterocycles. The first kappa shape index (κ1) is 23.0. The van der Waals surface area contributed by atoms with E-state index in [9.17, 15) is 0 Å². The predicted octanol–water partition coefficient (Wildman–Crippen LogP) is 5.61. The van der Waals surface area contributed by atoms with Gasteiger partial charge < -0.3 is 0 Å². The van der Waals surface area contributed by atoms with Crippen LogP contribution in [0.5, 0.6) is 0 Å². The first-order valence-corrected chi connectivity index (χ1v) is 23.5. The molecule has 7 heteroatoms. The zero-order valence-electron chi connectivity index (χ0n) is 17.1. The molecule has 0 bridgehead atoms. The second kappa shape index (κ2) is 9.65. The second-order valence-corrected chi connectivity index (χ2v) is 39.8. The van der Waals surface area contributed by atoms with Gasteiger partial charge in [0, 0.05) is 0 Å². The first-order valence-electron chi connectivity index (χ1n) is 10.7. The average Bonchev–Trinajstić information content (AvgIpc) is 2.89. The van der Waals surface area contributed by atoms with Crippen LogP contribution < -0.4 is 0 Å². The van der Waals surface area contributed by atoms with E-state index in [0.29, 0.717) is 12.1 Å². The van der Waals surface area contributed by atoms with Gasteiger partial charge in [-0.05, 0) is 0 Å². The number of nitrogens with zero attached hydrogens (tertiary/aromatic N) is 2. The molecule has 0 aromatic carbocycles. The normalized spacial score (nSPS) is 35.9. The van der Waals surface area contributed by atoms with E-state index in [1.807, 2.05) is 0 Å². The molecule has 1 saturated heterocycles. The summed E-state index contributed by atoms with van der Waals surface area (Å²) in [6.07, 6.45) is 16.3. The molecular formula is C19H38N2P2Se3. The van der Waals surface area contributed by atoms with Crippen molar-refractivity contribution < 1.29 is 0 Å². The van der Waals surface area contributed by atoms with Crippen molar-refractivity contribution in [2.24, 2.45) is 0 Å². The van der Waals surface area contributed by atoms with E-state index in [1.165, 1.54) is 70.5 Å². The first-order chi connectivity index (χ1) is 12.3. The molecule has 1 heterocycles. The van der Waals surface area contributed by atoms with Crippen LogP contribution in [0.4, 0.5) is 0 Å². The molecule has 0 N–H and O–H groups in total. The van der Waals surface area contributed by atoms with Crippen molar-refractivity contribution in [1.82, 2.24) is 9.79 Å². The van der Waals surface area contributed by atoms with Gasteiger partial charge in [-0.3, -0.25) is 0 Å². The Morgan fingerprint density at radius 3 is 1.73 bits per heavy atom. The van der Waals surface area contributed by atoms with Crippen molar-refractivity contribution in [3.63, 3.8) is 0 Å². The maximum atomic E-state index is 3.99. The van der Waals surface area contributed by atoms with E-state index in [4.69, 9.17) is 0 Å². The zero-order chi connectivity index (χ0) is 18.9. The van der Waals surface area contributed by atoms with Crippen LogP contribution in [0.3, 0.4) is 0 Å². The Bertz CT molecular complexity index is 462. The van der Waals surface area contributed by atoms with Crippen LogP contribution in [0.15, 0.2) is 0 Å². The number of hydrogen-bond acceptors (Lipinski definition) is 2. The molecule has 2 nitrogen and oxygen atoms in total. The summed E-state index contributed by atoms with van der Waals surface area (Å²) in [5.74, 6) is 0. The van der Waals surface area contributed by atoms with E-state index < -0.39 is 9.43 Å². The average molecular weight is 593 g/mol. The Morgan fingerprint density at radius 1 is 0.808 bits per heavy atom. The van der Waals surface area contributed by atoms with Gasteiger partial charge >= 0.3 is 186 Å². The van der Waals surface area contributed by atoms with E-state index in [0.717, 1.165) is 25.4 Å².